The van der Waals surface area contributed by atoms with E-state index in [1.165, 1.54) is 17.3 Å². The predicted molar refractivity (Wildman–Crippen MR) is 89.8 cm³/mol. The van der Waals surface area contributed by atoms with Crippen molar-refractivity contribution in [1.82, 2.24) is 4.90 Å². The molecule has 1 atom stereocenters. The third-order valence-corrected chi connectivity index (χ3v) is 4.36. The molecule has 0 spiro atoms. The molecule has 0 saturated carbocycles. The van der Waals surface area contributed by atoms with Crippen molar-refractivity contribution in [1.29, 1.82) is 0 Å². The van der Waals surface area contributed by atoms with E-state index in [0.717, 1.165) is 25.6 Å². The van der Waals surface area contributed by atoms with Crippen molar-refractivity contribution in [2.24, 2.45) is 0 Å². The second kappa shape index (κ2) is 6.46. The van der Waals surface area contributed by atoms with Gasteiger partial charge in [0.25, 0.3) is 0 Å². The van der Waals surface area contributed by atoms with Gasteiger partial charge in [-0.1, -0.05) is 12.1 Å². The van der Waals surface area contributed by atoms with Crippen molar-refractivity contribution in [2.75, 3.05) is 25.5 Å². The van der Waals surface area contributed by atoms with Crippen LogP contribution in [0.3, 0.4) is 0 Å². The SMILES string of the molecule is CN(C)c1cccc([C@H]2CCCN2Cc2cc(=O)c(O)co2)c1. The highest BCUT2D eigenvalue weighted by molar-refractivity contribution is 5.48. The molecule has 1 fully saturated rings. The molecule has 0 amide bonds. The first kappa shape index (κ1) is 15.6. The lowest BCUT2D eigenvalue weighted by Gasteiger charge is -2.25. The van der Waals surface area contributed by atoms with Crippen LogP contribution in [0.2, 0.25) is 0 Å². The molecule has 122 valence electrons. The molecule has 1 aliphatic rings. The molecule has 1 saturated heterocycles. The smallest absolute Gasteiger partial charge is 0.226 e. The minimum absolute atomic E-state index is 0.328. The molecular formula is C18H22N2O3. The van der Waals surface area contributed by atoms with Gasteiger partial charge in [-0.3, -0.25) is 9.69 Å². The Bertz CT molecular complexity index is 739. The van der Waals surface area contributed by atoms with Crippen LogP contribution in [-0.2, 0) is 6.54 Å². The Hall–Kier alpha value is -2.27. The van der Waals surface area contributed by atoms with Crippen molar-refractivity contribution in [3.8, 4) is 5.75 Å². The summed E-state index contributed by atoms with van der Waals surface area (Å²) in [5.41, 5.74) is 2.08. The van der Waals surface area contributed by atoms with E-state index >= 15 is 0 Å². The molecule has 1 aliphatic heterocycles. The number of hydrogen-bond acceptors (Lipinski definition) is 5. The molecule has 2 heterocycles. The zero-order valence-electron chi connectivity index (χ0n) is 13.5. The zero-order chi connectivity index (χ0) is 16.4. The number of hydrogen-bond donors (Lipinski definition) is 1. The van der Waals surface area contributed by atoms with Crippen LogP contribution in [0.25, 0.3) is 0 Å². The van der Waals surface area contributed by atoms with Gasteiger partial charge in [-0.05, 0) is 37.1 Å². The lowest BCUT2D eigenvalue weighted by molar-refractivity contribution is 0.224. The molecule has 2 aromatic rings. The third kappa shape index (κ3) is 3.40. The van der Waals surface area contributed by atoms with Gasteiger partial charge >= 0.3 is 0 Å². The van der Waals surface area contributed by atoms with Gasteiger partial charge < -0.3 is 14.4 Å². The van der Waals surface area contributed by atoms with E-state index in [4.69, 9.17) is 4.42 Å². The lowest BCUT2D eigenvalue weighted by Crippen LogP contribution is -2.23. The molecule has 1 N–H and O–H groups in total. The maximum atomic E-state index is 11.6. The van der Waals surface area contributed by atoms with Crippen LogP contribution >= 0.6 is 0 Å². The highest BCUT2D eigenvalue weighted by atomic mass is 16.4. The summed E-state index contributed by atoms with van der Waals surface area (Å²) in [5.74, 6) is 0.244. The van der Waals surface area contributed by atoms with E-state index in [0.29, 0.717) is 18.3 Å². The van der Waals surface area contributed by atoms with Crippen molar-refractivity contribution < 1.29 is 9.52 Å². The van der Waals surface area contributed by atoms with E-state index in [1.807, 2.05) is 14.1 Å². The van der Waals surface area contributed by atoms with Crippen molar-refractivity contribution in [3.05, 3.63) is 58.1 Å². The fourth-order valence-corrected chi connectivity index (χ4v) is 3.13. The molecular weight excluding hydrogens is 292 g/mol. The summed E-state index contributed by atoms with van der Waals surface area (Å²) in [6, 6.07) is 10.3. The summed E-state index contributed by atoms with van der Waals surface area (Å²) in [4.78, 5) is 16.0. The highest BCUT2D eigenvalue weighted by Gasteiger charge is 2.27. The van der Waals surface area contributed by atoms with Gasteiger partial charge in [-0.25, -0.2) is 0 Å². The Morgan fingerprint density at radius 2 is 2.17 bits per heavy atom. The Morgan fingerprint density at radius 3 is 2.91 bits per heavy atom. The van der Waals surface area contributed by atoms with Gasteiger partial charge in [0.15, 0.2) is 5.75 Å². The molecule has 1 aromatic heterocycles. The monoisotopic (exact) mass is 314 g/mol. The average Bonchev–Trinajstić information content (AvgIpc) is 2.99. The molecule has 23 heavy (non-hydrogen) atoms. The molecule has 3 rings (SSSR count). The quantitative estimate of drug-likeness (QED) is 0.940. The van der Waals surface area contributed by atoms with E-state index in [1.54, 1.807) is 0 Å². The number of likely N-dealkylation sites (tertiary alicyclic amines) is 1. The van der Waals surface area contributed by atoms with E-state index in [-0.39, 0.29) is 5.75 Å². The van der Waals surface area contributed by atoms with E-state index < -0.39 is 5.43 Å². The van der Waals surface area contributed by atoms with Crippen LogP contribution in [0.1, 0.15) is 30.2 Å². The highest BCUT2D eigenvalue weighted by Crippen LogP contribution is 2.34. The molecule has 5 nitrogen and oxygen atoms in total. The Balaban J connectivity index is 1.81. The summed E-state index contributed by atoms with van der Waals surface area (Å²) in [6.45, 7) is 1.55. The topological polar surface area (TPSA) is 56.9 Å². The molecule has 0 radical (unpaired) electrons. The van der Waals surface area contributed by atoms with Gasteiger partial charge in [0, 0.05) is 31.9 Å². The van der Waals surface area contributed by atoms with E-state index in [2.05, 4.69) is 34.1 Å². The predicted octanol–water partition coefficient (Wildman–Crippen LogP) is 2.75. The fourth-order valence-electron chi connectivity index (χ4n) is 3.13. The third-order valence-electron chi connectivity index (χ3n) is 4.36. The van der Waals surface area contributed by atoms with Crippen LogP contribution in [-0.4, -0.2) is 30.6 Å². The summed E-state index contributed by atoms with van der Waals surface area (Å²) in [6.07, 6.45) is 3.34. The molecule has 1 aromatic carbocycles. The number of aromatic hydroxyl groups is 1. The maximum Gasteiger partial charge on any atom is 0.226 e. The summed E-state index contributed by atoms with van der Waals surface area (Å²) in [7, 11) is 4.08. The van der Waals surface area contributed by atoms with Gasteiger partial charge in [-0.15, -0.1) is 0 Å². The number of benzene rings is 1. The standard InChI is InChI=1S/C18H22N2O3/c1-19(2)14-6-3-5-13(9-14)16-7-4-8-20(16)11-15-10-17(21)18(22)12-23-15/h3,5-6,9-10,12,16,22H,4,7-8,11H2,1-2H3/t16-/m1/s1. The van der Waals surface area contributed by atoms with Crippen LogP contribution in [0.5, 0.6) is 5.75 Å². The normalized spacial score (nSPS) is 18.3. The summed E-state index contributed by atoms with van der Waals surface area (Å²) in [5, 5.41) is 9.29. The van der Waals surface area contributed by atoms with Crippen LogP contribution in [0.15, 0.2) is 45.8 Å². The molecule has 0 bridgehead atoms. The average molecular weight is 314 g/mol. The molecule has 0 aliphatic carbocycles. The maximum absolute atomic E-state index is 11.6. The minimum atomic E-state index is -0.392. The van der Waals surface area contributed by atoms with Gasteiger partial charge in [0.1, 0.15) is 12.0 Å². The first-order chi connectivity index (χ1) is 11.0. The number of rotatable bonds is 4. The summed E-state index contributed by atoms with van der Waals surface area (Å²) >= 11 is 0. The van der Waals surface area contributed by atoms with Crippen LogP contribution in [0.4, 0.5) is 5.69 Å². The summed E-state index contributed by atoms with van der Waals surface area (Å²) < 4.78 is 5.35. The van der Waals surface area contributed by atoms with Crippen molar-refractivity contribution in [3.63, 3.8) is 0 Å². The minimum Gasteiger partial charge on any atom is -0.502 e. The Labute approximate surface area is 135 Å². The second-order valence-electron chi connectivity index (χ2n) is 6.21. The van der Waals surface area contributed by atoms with Crippen LogP contribution in [0, 0.1) is 0 Å². The number of nitrogens with zero attached hydrogens (tertiary/aromatic N) is 2. The van der Waals surface area contributed by atoms with Crippen molar-refractivity contribution >= 4 is 5.69 Å². The zero-order valence-corrected chi connectivity index (χ0v) is 13.5. The second-order valence-corrected chi connectivity index (χ2v) is 6.21. The van der Waals surface area contributed by atoms with Crippen LogP contribution < -0.4 is 10.3 Å². The largest absolute Gasteiger partial charge is 0.502 e. The first-order valence-electron chi connectivity index (χ1n) is 7.86. The lowest BCUT2D eigenvalue weighted by atomic mass is 10.0. The van der Waals surface area contributed by atoms with Crippen molar-refractivity contribution in [2.45, 2.75) is 25.4 Å². The Morgan fingerprint density at radius 1 is 1.35 bits per heavy atom. The van der Waals surface area contributed by atoms with Gasteiger partial charge in [0.05, 0.1) is 6.54 Å². The Kier molecular flexibility index (Phi) is 4.39. The number of anilines is 1. The fraction of sp³-hybridized carbons (Fsp3) is 0.389. The first-order valence-corrected chi connectivity index (χ1v) is 7.86. The van der Waals surface area contributed by atoms with E-state index in [9.17, 15) is 9.90 Å². The molecule has 0 unspecified atom stereocenters. The van der Waals surface area contributed by atoms with Gasteiger partial charge in [-0.2, -0.15) is 0 Å². The molecule has 5 heteroatoms. The van der Waals surface area contributed by atoms with Gasteiger partial charge in [0.2, 0.25) is 5.43 Å².